The van der Waals surface area contributed by atoms with Crippen LogP contribution in [0.25, 0.3) is 6.08 Å². The van der Waals surface area contributed by atoms with Crippen molar-refractivity contribution in [1.29, 1.82) is 5.26 Å². The van der Waals surface area contributed by atoms with Gasteiger partial charge in [-0.3, -0.25) is 4.79 Å². The number of nitriles is 1. The fourth-order valence-corrected chi connectivity index (χ4v) is 2.34. The van der Waals surface area contributed by atoms with Gasteiger partial charge >= 0.3 is 0 Å². The van der Waals surface area contributed by atoms with E-state index in [0.717, 1.165) is 5.56 Å². The van der Waals surface area contributed by atoms with Crippen LogP contribution < -0.4 is 5.32 Å². The van der Waals surface area contributed by atoms with E-state index in [1.165, 1.54) is 12.1 Å². The molecule has 22 heavy (non-hydrogen) atoms. The molecule has 2 aromatic carbocycles. The number of nitrogens with one attached hydrogen (secondary N) is 1. The second kappa shape index (κ2) is 7.61. The largest absolute Gasteiger partial charge is 0.507 e. The normalized spacial score (nSPS) is 10.8. The SMILES string of the molecule is N#C/C(=C/c1ccc(O)c(I)c1)C(=O)NCc1ccccc1. The fourth-order valence-electron chi connectivity index (χ4n) is 1.80. The molecule has 2 rings (SSSR count). The molecule has 4 nitrogen and oxygen atoms in total. The maximum Gasteiger partial charge on any atom is 0.262 e. The van der Waals surface area contributed by atoms with Gasteiger partial charge in [0.25, 0.3) is 5.91 Å². The summed E-state index contributed by atoms with van der Waals surface area (Å²) in [6.45, 7) is 0.367. The highest BCUT2D eigenvalue weighted by atomic mass is 127. The Morgan fingerprint density at radius 1 is 1.27 bits per heavy atom. The second-order valence-corrected chi connectivity index (χ2v) is 5.71. The van der Waals surface area contributed by atoms with Crippen LogP contribution in [0.15, 0.2) is 54.1 Å². The highest BCUT2D eigenvalue weighted by Gasteiger charge is 2.09. The van der Waals surface area contributed by atoms with Crippen molar-refractivity contribution in [2.24, 2.45) is 0 Å². The molecule has 0 aromatic heterocycles. The average Bonchev–Trinajstić information content (AvgIpc) is 2.54. The molecular formula is C17H13IN2O2. The summed E-state index contributed by atoms with van der Waals surface area (Å²) in [4.78, 5) is 12.1. The van der Waals surface area contributed by atoms with Crippen molar-refractivity contribution in [1.82, 2.24) is 5.32 Å². The minimum Gasteiger partial charge on any atom is -0.507 e. The number of halogens is 1. The second-order valence-electron chi connectivity index (χ2n) is 4.55. The van der Waals surface area contributed by atoms with Crippen molar-refractivity contribution in [2.75, 3.05) is 0 Å². The van der Waals surface area contributed by atoms with Crippen LogP contribution in [-0.4, -0.2) is 11.0 Å². The lowest BCUT2D eigenvalue weighted by Gasteiger charge is -2.05. The molecule has 1 amide bonds. The molecule has 0 heterocycles. The van der Waals surface area contributed by atoms with Crippen molar-refractivity contribution in [3.63, 3.8) is 0 Å². The van der Waals surface area contributed by atoms with Gasteiger partial charge in [0.05, 0.1) is 3.57 Å². The number of hydrogen-bond acceptors (Lipinski definition) is 3. The highest BCUT2D eigenvalue weighted by molar-refractivity contribution is 14.1. The van der Waals surface area contributed by atoms with Gasteiger partial charge in [-0.15, -0.1) is 0 Å². The van der Waals surface area contributed by atoms with Crippen molar-refractivity contribution >= 4 is 34.6 Å². The predicted molar refractivity (Wildman–Crippen MR) is 92.7 cm³/mol. The van der Waals surface area contributed by atoms with Gasteiger partial charge < -0.3 is 10.4 Å². The zero-order chi connectivity index (χ0) is 15.9. The molecule has 0 radical (unpaired) electrons. The highest BCUT2D eigenvalue weighted by Crippen LogP contribution is 2.21. The third-order valence-electron chi connectivity index (χ3n) is 2.94. The van der Waals surface area contributed by atoms with E-state index in [1.54, 1.807) is 12.1 Å². The van der Waals surface area contributed by atoms with Gasteiger partial charge in [-0.2, -0.15) is 5.26 Å². The number of amides is 1. The molecule has 0 fully saturated rings. The smallest absolute Gasteiger partial charge is 0.262 e. The van der Waals surface area contributed by atoms with Crippen LogP contribution >= 0.6 is 22.6 Å². The first-order chi connectivity index (χ1) is 10.6. The molecule has 0 aliphatic rings. The number of aromatic hydroxyl groups is 1. The lowest BCUT2D eigenvalue weighted by molar-refractivity contribution is -0.117. The van der Waals surface area contributed by atoms with Crippen molar-refractivity contribution in [2.45, 2.75) is 6.54 Å². The van der Waals surface area contributed by atoms with Gasteiger partial charge in [-0.1, -0.05) is 36.4 Å². The van der Waals surface area contributed by atoms with Crippen LogP contribution in [0.3, 0.4) is 0 Å². The summed E-state index contributed by atoms with van der Waals surface area (Å²) in [7, 11) is 0. The minimum absolute atomic E-state index is 0.0254. The molecule has 0 saturated carbocycles. The maximum absolute atomic E-state index is 12.1. The Labute approximate surface area is 142 Å². The molecule has 5 heteroatoms. The zero-order valence-electron chi connectivity index (χ0n) is 11.6. The minimum atomic E-state index is -0.422. The number of carbonyl (C=O) groups excluding carboxylic acids is 1. The molecule has 2 aromatic rings. The summed E-state index contributed by atoms with van der Waals surface area (Å²) in [5.41, 5.74) is 1.68. The lowest BCUT2D eigenvalue weighted by atomic mass is 10.1. The van der Waals surface area contributed by atoms with Crippen LogP contribution in [0.1, 0.15) is 11.1 Å². The number of nitrogens with zero attached hydrogens (tertiary/aromatic N) is 1. The predicted octanol–water partition coefficient (Wildman–Crippen LogP) is 3.22. The summed E-state index contributed by atoms with van der Waals surface area (Å²) in [5.74, 6) is -0.251. The third kappa shape index (κ3) is 4.33. The summed E-state index contributed by atoms with van der Waals surface area (Å²) in [6, 6.07) is 16.3. The molecule has 2 N–H and O–H groups in total. The topological polar surface area (TPSA) is 73.1 Å². The van der Waals surface area contributed by atoms with Crippen molar-refractivity contribution in [3.05, 3.63) is 68.8 Å². The van der Waals surface area contributed by atoms with Crippen molar-refractivity contribution < 1.29 is 9.90 Å². The van der Waals surface area contributed by atoms with Gasteiger partial charge in [-0.05, 0) is 51.9 Å². The maximum atomic E-state index is 12.1. The molecule has 0 bridgehead atoms. The van der Waals surface area contributed by atoms with E-state index >= 15 is 0 Å². The number of carbonyl (C=O) groups is 1. The Bertz CT molecular complexity index is 749. The molecule has 110 valence electrons. The average molecular weight is 404 g/mol. The van der Waals surface area contributed by atoms with Gasteiger partial charge in [0.15, 0.2) is 0 Å². The Morgan fingerprint density at radius 3 is 2.64 bits per heavy atom. The molecular weight excluding hydrogens is 391 g/mol. The summed E-state index contributed by atoms with van der Waals surface area (Å²) >= 11 is 1.99. The number of phenols is 1. The molecule has 0 atom stereocenters. The van der Waals surface area contributed by atoms with Gasteiger partial charge in [0.2, 0.25) is 0 Å². The first-order valence-corrected chi connectivity index (χ1v) is 7.60. The zero-order valence-corrected chi connectivity index (χ0v) is 13.7. The molecule has 0 unspecified atom stereocenters. The molecule has 0 aliphatic heterocycles. The molecule has 0 spiro atoms. The summed E-state index contributed by atoms with van der Waals surface area (Å²) < 4.78 is 0.660. The lowest BCUT2D eigenvalue weighted by Crippen LogP contribution is -2.23. The number of hydrogen-bond donors (Lipinski definition) is 2. The van der Waals surface area contributed by atoms with E-state index in [0.29, 0.717) is 15.7 Å². The molecule has 0 saturated heterocycles. The number of phenolic OH excluding ortho intramolecular Hbond substituents is 1. The van der Waals surface area contributed by atoms with Crippen LogP contribution in [0.2, 0.25) is 0 Å². The van der Waals surface area contributed by atoms with E-state index in [2.05, 4.69) is 5.32 Å². The molecule has 0 aliphatic carbocycles. The first kappa shape index (κ1) is 16.0. The number of rotatable bonds is 4. The van der Waals surface area contributed by atoms with Crippen LogP contribution in [0.5, 0.6) is 5.75 Å². The van der Waals surface area contributed by atoms with E-state index in [-0.39, 0.29) is 11.3 Å². The quantitative estimate of drug-likeness (QED) is 0.467. The standard InChI is InChI=1S/C17H13IN2O2/c18-15-9-13(6-7-16(15)21)8-14(10-19)17(22)20-11-12-4-2-1-3-5-12/h1-9,21H,11H2,(H,20,22)/b14-8-. The Hall–Kier alpha value is -2.33. The van der Waals surface area contributed by atoms with E-state index < -0.39 is 5.91 Å². The Balaban J connectivity index is 2.10. The van der Waals surface area contributed by atoms with E-state index in [4.69, 9.17) is 5.26 Å². The first-order valence-electron chi connectivity index (χ1n) is 6.52. The third-order valence-corrected chi connectivity index (χ3v) is 3.81. The Morgan fingerprint density at radius 2 is 2.00 bits per heavy atom. The van der Waals surface area contributed by atoms with Gasteiger partial charge in [0.1, 0.15) is 17.4 Å². The monoisotopic (exact) mass is 404 g/mol. The van der Waals surface area contributed by atoms with Gasteiger partial charge in [0, 0.05) is 6.54 Å². The Kier molecular flexibility index (Phi) is 5.55. The van der Waals surface area contributed by atoms with E-state index in [1.807, 2.05) is 59.0 Å². The van der Waals surface area contributed by atoms with Crippen LogP contribution in [0, 0.1) is 14.9 Å². The van der Waals surface area contributed by atoms with E-state index in [9.17, 15) is 9.90 Å². The van der Waals surface area contributed by atoms with Crippen LogP contribution in [-0.2, 0) is 11.3 Å². The summed E-state index contributed by atoms with van der Waals surface area (Å²) in [5, 5.41) is 21.3. The van der Waals surface area contributed by atoms with Gasteiger partial charge in [-0.25, -0.2) is 0 Å². The fraction of sp³-hybridized carbons (Fsp3) is 0.0588. The number of benzene rings is 2. The van der Waals surface area contributed by atoms with Crippen molar-refractivity contribution in [3.8, 4) is 11.8 Å². The summed E-state index contributed by atoms with van der Waals surface area (Å²) in [6.07, 6.45) is 1.50. The van der Waals surface area contributed by atoms with Crippen LogP contribution in [0.4, 0.5) is 0 Å².